The Morgan fingerprint density at radius 1 is 1.16 bits per heavy atom. The van der Waals surface area contributed by atoms with Crippen molar-refractivity contribution in [3.63, 3.8) is 0 Å². The van der Waals surface area contributed by atoms with Crippen molar-refractivity contribution in [3.8, 4) is 11.5 Å². The van der Waals surface area contributed by atoms with Crippen molar-refractivity contribution >= 4 is 5.91 Å². The van der Waals surface area contributed by atoms with Crippen molar-refractivity contribution in [2.24, 2.45) is 5.92 Å². The summed E-state index contributed by atoms with van der Waals surface area (Å²) >= 11 is 0. The zero-order chi connectivity index (χ0) is 22.7. The first-order chi connectivity index (χ1) is 14.7. The van der Waals surface area contributed by atoms with Crippen LogP contribution < -0.4 is 14.8 Å². The minimum Gasteiger partial charge on any atom is -0.395 e. The Morgan fingerprint density at radius 2 is 1.90 bits per heavy atom. The predicted molar refractivity (Wildman–Crippen MR) is 116 cm³/mol. The molecule has 0 radical (unpaired) electrons. The van der Waals surface area contributed by atoms with Crippen LogP contribution >= 0.6 is 0 Å². The Balaban J connectivity index is 1.50. The second-order valence-corrected chi connectivity index (χ2v) is 8.13. The first-order valence-corrected chi connectivity index (χ1v) is 10.8. The molecule has 1 aromatic rings. The molecule has 0 atom stereocenters. The summed E-state index contributed by atoms with van der Waals surface area (Å²) < 4.78 is 40.5. The van der Waals surface area contributed by atoms with Gasteiger partial charge in [-0.25, -0.2) is 0 Å². The number of allylic oxidation sites excluding steroid dienone is 3. The van der Waals surface area contributed by atoms with Crippen LogP contribution in [0.4, 0.5) is 8.78 Å². The number of alkyl halides is 2. The van der Waals surface area contributed by atoms with Crippen LogP contribution in [0.2, 0.25) is 0 Å². The van der Waals surface area contributed by atoms with Gasteiger partial charge in [0.25, 0.3) is 0 Å². The van der Waals surface area contributed by atoms with E-state index in [4.69, 9.17) is 4.74 Å². The van der Waals surface area contributed by atoms with E-state index in [0.717, 1.165) is 43.2 Å². The van der Waals surface area contributed by atoms with E-state index in [1.54, 1.807) is 12.1 Å². The first kappa shape index (κ1) is 24.9. The Bertz CT molecular complexity index is 775. The molecule has 1 heterocycles. The summed E-state index contributed by atoms with van der Waals surface area (Å²) in [7, 11) is 0. The lowest BCUT2D eigenvalue weighted by Gasteiger charge is -2.05. The molecule has 0 saturated heterocycles. The molecular formula is C24H33F2NO4. The van der Waals surface area contributed by atoms with Crippen LogP contribution in [0.15, 0.2) is 42.0 Å². The predicted octanol–water partition coefficient (Wildman–Crippen LogP) is 5.75. The van der Waals surface area contributed by atoms with Gasteiger partial charge in [-0.05, 0) is 55.4 Å². The molecule has 0 unspecified atom stereocenters. The normalized spacial score (nSPS) is 15.1. The van der Waals surface area contributed by atoms with Crippen LogP contribution in [0, 0.1) is 5.92 Å². The van der Waals surface area contributed by atoms with E-state index in [-0.39, 0.29) is 17.4 Å². The average molecular weight is 438 g/mol. The summed E-state index contributed by atoms with van der Waals surface area (Å²) in [6, 6.07) is 4.69. The lowest BCUT2D eigenvalue weighted by Crippen LogP contribution is -2.25. The number of benzene rings is 1. The van der Waals surface area contributed by atoms with Crippen LogP contribution in [0.3, 0.4) is 0 Å². The molecule has 31 heavy (non-hydrogen) atoms. The molecule has 1 N–H and O–H groups in total. The maximum absolute atomic E-state index is 13.0. The van der Waals surface area contributed by atoms with Crippen LogP contribution in [0.25, 0.3) is 0 Å². The number of nitrogens with one attached hydrogen (secondary N) is 1. The van der Waals surface area contributed by atoms with Crippen LogP contribution in [0.5, 0.6) is 11.5 Å². The van der Waals surface area contributed by atoms with E-state index in [2.05, 4.69) is 34.7 Å². The van der Waals surface area contributed by atoms with Crippen LogP contribution in [-0.2, 0) is 16.1 Å². The Hall–Kier alpha value is -2.41. The molecule has 0 bridgehead atoms. The van der Waals surface area contributed by atoms with Gasteiger partial charge < -0.3 is 19.5 Å². The molecule has 1 aliphatic heterocycles. The molecule has 172 valence electrons. The monoisotopic (exact) mass is 437 g/mol. The topological polar surface area (TPSA) is 56.8 Å². The van der Waals surface area contributed by atoms with Gasteiger partial charge in [0.2, 0.25) is 5.91 Å². The SMILES string of the molecule is CC(/C=C/CCCCCCOCc1ccc2c(c1)OC(F)(F)O2)=C\C(=O)NCC(C)C. The van der Waals surface area contributed by atoms with Crippen LogP contribution in [0.1, 0.15) is 58.4 Å². The van der Waals surface area contributed by atoms with Crippen molar-refractivity contribution in [1.29, 1.82) is 0 Å². The highest BCUT2D eigenvalue weighted by Gasteiger charge is 2.43. The summed E-state index contributed by atoms with van der Waals surface area (Å²) in [5.74, 6) is 0.482. The summed E-state index contributed by atoms with van der Waals surface area (Å²) in [6.45, 7) is 7.71. The number of hydrogen-bond acceptors (Lipinski definition) is 4. The van der Waals surface area contributed by atoms with Gasteiger partial charge in [0.05, 0.1) is 6.61 Å². The number of fused-ring (bicyclic) bond motifs is 1. The minimum atomic E-state index is -3.59. The lowest BCUT2D eigenvalue weighted by atomic mass is 10.1. The Labute approximate surface area is 183 Å². The number of halogens is 2. The highest BCUT2D eigenvalue weighted by atomic mass is 19.3. The van der Waals surface area contributed by atoms with E-state index in [1.807, 2.05) is 13.0 Å². The summed E-state index contributed by atoms with van der Waals surface area (Å²) in [4.78, 5) is 11.7. The van der Waals surface area contributed by atoms with Crippen molar-refractivity contribution < 1.29 is 27.8 Å². The number of unbranched alkanes of at least 4 members (excludes halogenated alkanes) is 4. The molecule has 0 aromatic heterocycles. The molecule has 1 aliphatic rings. The van der Waals surface area contributed by atoms with Crippen molar-refractivity contribution in [2.45, 2.75) is 65.8 Å². The number of carbonyl (C=O) groups excluding carboxylic acids is 1. The Morgan fingerprint density at radius 3 is 2.68 bits per heavy atom. The molecule has 0 spiro atoms. The summed E-state index contributed by atoms with van der Waals surface area (Å²) in [5.41, 5.74) is 1.72. The molecule has 2 rings (SSSR count). The van der Waals surface area contributed by atoms with Gasteiger partial charge in [-0.1, -0.05) is 44.9 Å². The van der Waals surface area contributed by atoms with Crippen molar-refractivity contribution in [2.75, 3.05) is 13.2 Å². The van der Waals surface area contributed by atoms with Gasteiger partial charge >= 0.3 is 6.29 Å². The largest absolute Gasteiger partial charge is 0.586 e. The maximum Gasteiger partial charge on any atom is 0.586 e. The van der Waals surface area contributed by atoms with Gasteiger partial charge in [-0.2, -0.15) is 0 Å². The van der Waals surface area contributed by atoms with E-state index in [1.165, 1.54) is 12.1 Å². The van der Waals surface area contributed by atoms with Gasteiger partial charge in [-0.15, -0.1) is 8.78 Å². The van der Waals surface area contributed by atoms with Crippen molar-refractivity contribution in [3.05, 3.63) is 47.6 Å². The molecule has 1 aromatic carbocycles. The van der Waals surface area contributed by atoms with E-state index < -0.39 is 6.29 Å². The zero-order valence-corrected chi connectivity index (χ0v) is 18.6. The molecular weight excluding hydrogens is 404 g/mol. The molecule has 0 saturated carbocycles. The average Bonchev–Trinajstić information content (AvgIpc) is 3.00. The third-order valence-corrected chi connectivity index (χ3v) is 4.57. The summed E-state index contributed by atoms with van der Waals surface area (Å²) in [5, 5.41) is 2.87. The minimum absolute atomic E-state index is 0.0421. The van der Waals surface area contributed by atoms with Gasteiger partial charge in [0.15, 0.2) is 11.5 Å². The first-order valence-electron chi connectivity index (χ1n) is 10.8. The van der Waals surface area contributed by atoms with Crippen LogP contribution in [-0.4, -0.2) is 25.4 Å². The quantitative estimate of drug-likeness (QED) is 0.243. The lowest BCUT2D eigenvalue weighted by molar-refractivity contribution is -0.286. The molecule has 0 fully saturated rings. The fourth-order valence-electron chi connectivity index (χ4n) is 2.97. The second-order valence-electron chi connectivity index (χ2n) is 8.13. The highest BCUT2D eigenvalue weighted by Crippen LogP contribution is 2.41. The molecule has 5 nitrogen and oxygen atoms in total. The maximum atomic E-state index is 13.0. The standard InChI is InChI=1S/C24H33F2NO4/c1-18(2)16-27-23(28)14-19(3)10-8-6-4-5-7-9-13-29-17-20-11-12-21-22(15-20)31-24(25,26)30-21/h8,10-12,14-15,18H,4-7,9,13,16-17H2,1-3H3,(H,27,28)/b10-8+,19-14+. The molecule has 7 heteroatoms. The summed E-state index contributed by atoms with van der Waals surface area (Å²) in [6.07, 6.45) is 7.29. The molecule has 0 aliphatic carbocycles. The van der Waals surface area contributed by atoms with E-state index >= 15 is 0 Å². The van der Waals surface area contributed by atoms with E-state index in [9.17, 15) is 13.6 Å². The van der Waals surface area contributed by atoms with Gasteiger partial charge in [0, 0.05) is 19.2 Å². The third-order valence-electron chi connectivity index (χ3n) is 4.57. The smallest absolute Gasteiger partial charge is 0.395 e. The van der Waals surface area contributed by atoms with Gasteiger partial charge in [-0.3, -0.25) is 4.79 Å². The molecule has 1 amide bonds. The zero-order valence-electron chi connectivity index (χ0n) is 18.6. The number of carbonyl (C=O) groups is 1. The second kappa shape index (κ2) is 12.4. The van der Waals surface area contributed by atoms with E-state index in [0.29, 0.717) is 25.7 Å². The highest BCUT2D eigenvalue weighted by molar-refractivity contribution is 5.88. The van der Waals surface area contributed by atoms with Crippen molar-refractivity contribution in [1.82, 2.24) is 5.32 Å². The fraction of sp³-hybridized carbons (Fsp3) is 0.542. The number of amides is 1. The van der Waals surface area contributed by atoms with Gasteiger partial charge in [0.1, 0.15) is 0 Å². The number of rotatable bonds is 13. The number of hydrogen-bond donors (Lipinski definition) is 1. The fourth-order valence-corrected chi connectivity index (χ4v) is 2.97. The number of ether oxygens (including phenoxy) is 3. The third kappa shape index (κ3) is 9.96. The Kier molecular flexibility index (Phi) is 9.98.